The van der Waals surface area contributed by atoms with Gasteiger partial charge < -0.3 is 9.88 Å². The van der Waals surface area contributed by atoms with E-state index in [4.69, 9.17) is 5.26 Å². The molecule has 0 radical (unpaired) electrons. The van der Waals surface area contributed by atoms with Gasteiger partial charge in [-0.25, -0.2) is 4.39 Å². The summed E-state index contributed by atoms with van der Waals surface area (Å²) in [5.74, 6) is -0.401. The number of nitrogens with zero attached hydrogens (tertiary/aromatic N) is 2. The summed E-state index contributed by atoms with van der Waals surface area (Å²) in [6.45, 7) is 0.585. The molecule has 0 saturated carbocycles. The minimum absolute atomic E-state index is 0.315. The van der Waals surface area contributed by atoms with Gasteiger partial charge in [-0.15, -0.1) is 0 Å². The molecule has 4 heteroatoms. The van der Waals surface area contributed by atoms with Gasteiger partial charge in [0, 0.05) is 30.7 Å². The number of benzene rings is 2. The summed E-state index contributed by atoms with van der Waals surface area (Å²) < 4.78 is 15.2. The highest BCUT2D eigenvalue weighted by Crippen LogP contribution is 2.22. The van der Waals surface area contributed by atoms with Gasteiger partial charge >= 0.3 is 0 Å². The number of fused-ring (bicyclic) bond motifs is 1. The lowest BCUT2D eigenvalue weighted by Crippen LogP contribution is -2.01. The molecule has 3 nitrogen and oxygen atoms in total. The molecule has 21 heavy (non-hydrogen) atoms. The Labute approximate surface area is 122 Å². The van der Waals surface area contributed by atoms with E-state index in [0.717, 1.165) is 11.1 Å². The SMILES string of the molecule is Cn1cc(CNc2ccc(F)cc2C#N)c2ccccc21. The average molecular weight is 279 g/mol. The monoisotopic (exact) mass is 279 g/mol. The number of aryl methyl sites for hydroxylation is 1. The summed E-state index contributed by atoms with van der Waals surface area (Å²) in [5.41, 5.74) is 3.26. The van der Waals surface area contributed by atoms with Crippen LogP contribution in [0.3, 0.4) is 0 Å². The van der Waals surface area contributed by atoms with Crippen LogP contribution in [-0.4, -0.2) is 4.57 Å². The van der Waals surface area contributed by atoms with Gasteiger partial charge in [0.2, 0.25) is 0 Å². The van der Waals surface area contributed by atoms with Crippen LogP contribution in [0.25, 0.3) is 10.9 Å². The van der Waals surface area contributed by atoms with Crippen molar-refractivity contribution in [2.75, 3.05) is 5.32 Å². The third-order valence-electron chi connectivity index (χ3n) is 3.55. The smallest absolute Gasteiger partial charge is 0.124 e. The first-order valence-corrected chi connectivity index (χ1v) is 6.65. The molecule has 0 aliphatic carbocycles. The van der Waals surface area contributed by atoms with E-state index in [2.05, 4.69) is 28.2 Å². The number of anilines is 1. The molecule has 0 atom stereocenters. The fourth-order valence-corrected chi connectivity index (χ4v) is 2.52. The fourth-order valence-electron chi connectivity index (χ4n) is 2.52. The maximum atomic E-state index is 13.1. The van der Waals surface area contributed by atoms with Crippen LogP contribution >= 0.6 is 0 Å². The van der Waals surface area contributed by atoms with E-state index in [-0.39, 0.29) is 0 Å². The number of aromatic nitrogens is 1. The molecule has 1 heterocycles. The van der Waals surface area contributed by atoms with Crippen LogP contribution in [0.5, 0.6) is 0 Å². The average Bonchev–Trinajstić information content (AvgIpc) is 2.83. The van der Waals surface area contributed by atoms with Crippen LogP contribution in [0.4, 0.5) is 10.1 Å². The molecule has 1 aromatic heterocycles. The van der Waals surface area contributed by atoms with Gasteiger partial charge in [-0.3, -0.25) is 0 Å². The molecule has 3 rings (SSSR count). The van der Waals surface area contributed by atoms with Crippen molar-refractivity contribution in [1.29, 1.82) is 5.26 Å². The Bertz CT molecular complexity index is 843. The first kappa shape index (κ1) is 13.2. The normalized spacial score (nSPS) is 10.5. The number of para-hydroxylation sites is 1. The zero-order valence-corrected chi connectivity index (χ0v) is 11.6. The highest BCUT2D eigenvalue weighted by molar-refractivity contribution is 5.84. The number of nitriles is 1. The number of hydrogen-bond acceptors (Lipinski definition) is 2. The van der Waals surface area contributed by atoms with Crippen molar-refractivity contribution in [1.82, 2.24) is 4.57 Å². The maximum Gasteiger partial charge on any atom is 0.124 e. The second-order valence-corrected chi connectivity index (χ2v) is 4.94. The van der Waals surface area contributed by atoms with Gasteiger partial charge in [-0.05, 0) is 29.8 Å². The van der Waals surface area contributed by atoms with E-state index in [1.807, 2.05) is 25.2 Å². The second kappa shape index (κ2) is 5.29. The molecule has 1 N–H and O–H groups in total. The van der Waals surface area contributed by atoms with Crippen LogP contribution in [0.1, 0.15) is 11.1 Å². The van der Waals surface area contributed by atoms with Crippen LogP contribution < -0.4 is 5.32 Å². The van der Waals surface area contributed by atoms with Crippen molar-refractivity contribution in [2.45, 2.75) is 6.54 Å². The van der Waals surface area contributed by atoms with Crippen molar-refractivity contribution >= 4 is 16.6 Å². The molecular weight excluding hydrogens is 265 g/mol. The Morgan fingerprint density at radius 1 is 1.24 bits per heavy atom. The molecule has 0 saturated heterocycles. The summed E-state index contributed by atoms with van der Waals surface area (Å²) in [4.78, 5) is 0. The quantitative estimate of drug-likeness (QED) is 0.792. The highest BCUT2D eigenvalue weighted by atomic mass is 19.1. The maximum absolute atomic E-state index is 13.1. The lowest BCUT2D eigenvalue weighted by molar-refractivity contribution is 0.627. The molecule has 0 unspecified atom stereocenters. The van der Waals surface area contributed by atoms with E-state index < -0.39 is 5.82 Å². The standard InChI is InChI=1S/C17H14FN3/c1-21-11-13(15-4-2-3-5-17(15)21)10-20-16-7-6-14(18)8-12(16)9-19/h2-8,11,20H,10H2,1H3. The van der Waals surface area contributed by atoms with E-state index >= 15 is 0 Å². The third-order valence-corrected chi connectivity index (χ3v) is 3.55. The van der Waals surface area contributed by atoms with E-state index in [0.29, 0.717) is 17.8 Å². The number of rotatable bonds is 3. The molecule has 2 aromatic carbocycles. The Morgan fingerprint density at radius 3 is 2.86 bits per heavy atom. The lowest BCUT2D eigenvalue weighted by atomic mass is 10.1. The van der Waals surface area contributed by atoms with Crippen LogP contribution in [0.2, 0.25) is 0 Å². The Balaban J connectivity index is 1.89. The largest absolute Gasteiger partial charge is 0.380 e. The second-order valence-electron chi connectivity index (χ2n) is 4.94. The molecule has 0 fully saturated rings. The van der Waals surface area contributed by atoms with Crippen molar-refractivity contribution in [3.8, 4) is 6.07 Å². The Kier molecular flexibility index (Phi) is 3.33. The van der Waals surface area contributed by atoms with E-state index in [1.165, 1.54) is 17.5 Å². The molecule has 3 aromatic rings. The number of nitrogens with one attached hydrogen (secondary N) is 1. The highest BCUT2D eigenvalue weighted by Gasteiger charge is 2.07. The van der Waals surface area contributed by atoms with Crippen molar-refractivity contribution in [2.24, 2.45) is 7.05 Å². The third kappa shape index (κ3) is 2.46. The summed E-state index contributed by atoms with van der Waals surface area (Å²) >= 11 is 0. The predicted octanol–water partition coefficient (Wildman–Crippen LogP) is 3.80. The van der Waals surface area contributed by atoms with E-state index in [1.54, 1.807) is 6.07 Å². The molecule has 0 amide bonds. The topological polar surface area (TPSA) is 40.8 Å². The number of halogens is 1. The molecule has 104 valence electrons. The Hall–Kier alpha value is -2.80. The van der Waals surface area contributed by atoms with Crippen LogP contribution in [0.15, 0.2) is 48.7 Å². The van der Waals surface area contributed by atoms with Gasteiger partial charge in [0.05, 0.1) is 11.3 Å². The van der Waals surface area contributed by atoms with Crippen LogP contribution in [0, 0.1) is 17.1 Å². The molecule has 0 aliphatic heterocycles. The summed E-state index contributed by atoms with van der Waals surface area (Å²) in [6, 6.07) is 14.3. The van der Waals surface area contributed by atoms with E-state index in [9.17, 15) is 4.39 Å². The van der Waals surface area contributed by atoms with Crippen molar-refractivity contribution in [3.63, 3.8) is 0 Å². The lowest BCUT2D eigenvalue weighted by Gasteiger charge is -2.07. The number of hydrogen-bond donors (Lipinski definition) is 1. The molecular formula is C17H14FN3. The van der Waals surface area contributed by atoms with Gasteiger partial charge in [0.1, 0.15) is 11.9 Å². The van der Waals surface area contributed by atoms with Gasteiger partial charge in [0.25, 0.3) is 0 Å². The first-order chi connectivity index (χ1) is 10.2. The molecule has 0 bridgehead atoms. The Morgan fingerprint density at radius 2 is 2.05 bits per heavy atom. The van der Waals surface area contributed by atoms with Crippen molar-refractivity contribution in [3.05, 3.63) is 65.6 Å². The zero-order valence-electron chi connectivity index (χ0n) is 11.6. The zero-order chi connectivity index (χ0) is 14.8. The van der Waals surface area contributed by atoms with Crippen LogP contribution in [-0.2, 0) is 13.6 Å². The summed E-state index contributed by atoms with van der Waals surface area (Å²) in [7, 11) is 2.00. The summed E-state index contributed by atoms with van der Waals surface area (Å²) in [6.07, 6.45) is 2.06. The predicted molar refractivity (Wildman–Crippen MR) is 81.4 cm³/mol. The minimum Gasteiger partial charge on any atom is -0.380 e. The first-order valence-electron chi connectivity index (χ1n) is 6.65. The molecule has 0 aliphatic rings. The van der Waals surface area contributed by atoms with Crippen molar-refractivity contribution < 1.29 is 4.39 Å². The van der Waals surface area contributed by atoms with Gasteiger partial charge in [-0.1, -0.05) is 18.2 Å². The van der Waals surface area contributed by atoms with Gasteiger partial charge in [-0.2, -0.15) is 5.26 Å². The minimum atomic E-state index is -0.401. The molecule has 0 spiro atoms. The van der Waals surface area contributed by atoms with Gasteiger partial charge in [0.15, 0.2) is 0 Å². The fraction of sp³-hybridized carbons (Fsp3) is 0.118. The summed E-state index contributed by atoms with van der Waals surface area (Å²) in [5, 5.41) is 13.4.